The number of rotatable bonds is 4. The molecule has 0 aliphatic carbocycles. The van der Waals surface area contributed by atoms with Crippen LogP contribution in [0.5, 0.6) is 0 Å². The Labute approximate surface area is 133 Å². The monoisotopic (exact) mass is 319 g/mol. The van der Waals surface area contributed by atoms with Crippen LogP contribution in [-0.4, -0.2) is 44.8 Å². The molecule has 1 unspecified atom stereocenters. The maximum absolute atomic E-state index is 13.0. The van der Waals surface area contributed by atoms with Gasteiger partial charge in [0, 0.05) is 7.05 Å². The van der Waals surface area contributed by atoms with Crippen LogP contribution in [0.15, 0.2) is 24.3 Å². The SMILES string of the molecule is Cc1nn(-c2ccc(F)cc2)c(C)c1C(=O)N(C)C(C)C(=O)O. The van der Waals surface area contributed by atoms with Crippen molar-refractivity contribution in [2.45, 2.75) is 26.8 Å². The number of carboxylic acid groups (broad SMARTS) is 1. The molecule has 2 aromatic rings. The number of benzene rings is 1. The molecule has 7 heteroatoms. The molecular weight excluding hydrogens is 301 g/mol. The van der Waals surface area contributed by atoms with Crippen molar-refractivity contribution in [3.63, 3.8) is 0 Å². The number of carbonyl (C=O) groups excluding carboxylic acids is 1. The number of aromatic nitrogens is 2. The summed E-state index contributed by atoms with van der Waals surface area (Å²) >= 11 is 0. The second-order valence-corrected chi connectivity index (χ2v) is 5.36. The number of carbonyl (C=O) groups is 2. The first-order valence-corrected chi connectivity index (χ1v) is 7.06. The highest BCUT2D eigenvalue weighted by molar-refractivity contribution is 5.98. The molecule has 1 N–H and O–H groups in total. The molecule has 0 saturated heterocycles. The molecule has 122 valence electrons. The third-order valence-electron chi connectivity index (χ3n) is 3.84. The molecule has 2 rings (SSSR count). The van der Waals surface area contributed by atoms with Gasteiger partial charge in [-0.3, -0.25) is 4.79 Å². The zero-order valence-corrected chi connectivity index (χ0v) is 13.4. The smallest absolute Gasteiger partial charge is 0.326 e. The zero-order valence-electron chi connectivity index (χ0n) is 13.4. The normalized spacial score (nSPS) is 12.0. The number of amides is 1. The summed E-state index contributed by atoms with van der Waals surface area (Å²) in [6.07, 6.45) is 0. The van der Waals surface area contributed by atoms with E-state index in [1.807, 2.05) is 0 Å². The molecule has 1 aromatic carbocycles. The second kappa shape index (κ2) is 6.20. The fourth-order valence-electron chi connectivity index (χ4n) is 2.30. The van der Waals surface area contributed by atoms with Crippen LogP contribution in [0, 0.1) is 19.7 Å². The minimum Gasteiger partial charge on any atom is -0.480 e. The van der Waals surface area contributed by atoms with Gasteiger partial charge in [0.25, 0.3) is 5.91 Å². The van der Waals surface area contributed by atoms with Crippen molar-refractivity contribution in [2.24, 2.45) is 0 Å². The van der Waals surface area contributed by atoms with E-state index in [1.54, 1.807) is 30.7 Å². The summed E-state index contributed by atoms with van der Waals surface area (Å²) in [4.78, 5) is 24.8. The Morgan fingerprint density at radius 3 is 2.35 bits per heavy atom. The van der Waals surface area contributed by atoms with Crippen molar-refractivity contribution >= 4 is 11.9 Å². The lowest BCUT2D eigenvalue weighted by atomic mass is 10.1. The lowest BCUT2D eigenvalue weighted by molar-refractivity contribution is -0.141. The quantitative estimate of drug-likeness (QED) is 0.937. The van der Waals surface area contributed by atoms with Crippen LogP contribution in [0.4, 0.5) is 4.39 Å². The lowest BCUT2D eigenvalue weighted by Crippen LogP contribution is -2.40. The second-order valence-electron chi connectivity index (χ2n) is 5.36. The lowest BCUT2D eigenvalue weighted by Gasteiger charge is -2.21. The highest BCUT2D eigenvalue weighted by atomic mass is 19.1. The first-order valence-electron chi connectivity index (χ1n) is 7.06. The maximum Gasteiger partial charge on any atom is 0.326 e. The van der Waals surface area contributed by atoms with Crippen LogP contribution >= 0.6 is 0 Å². The molecule has 0 saturated carbocycles. The van der Waals surface area contributed by atoms with Gasteiger partial charge in [0.1, 0.15) is 11.9 Å². The zero-order chi connectivity index (χ0) is 17.3. The van der Waals surface area contributed by atoms with E-state index in [9.17, 15) is 14.0 Å². The molecule has 0 fully saturated rings. The molecule has 6 nitrogen and oxygen atoms in total. The average Bonchev–Trinajstić information content (AvgIpc) is 2.80. The van der Waals surface area contributed by atoms with E-state index in [0.717, 1.165) is 4.90 Å². The van der Waals surface area contributed by atoms with E-state index in [1.165, 1.54) is 26.1 Å². The van der Waals surface area contributed by atoms with Gasteiger partial charge < -0.3 is 10.0 Å². The summed E-state index contributed by atoms with van der Waals surface area (Å²) in [5, 5.41) is 13.4. The summed E-state index contributed by atoms with van der Waals surface area (Å²) in [6, 6.07) is 4.80. The van der Waals surface area contributed by atoms with Gasteiger partial charge in [0.15, 0.2) is 0 Å². The van der Waals surface area contributed by atoms with Crippen LogP contribution in [0.3, 0.4) is 0 Å². The fourth-order valence-corrected chi connectivity index (χ4v) is 2.30. The predicted octanol–water partition coefficient (Wildman–Crippen LogP) is 2.17. The average molecular weight is 319 g/mol. The van der Waals surface area contributed by atoms with Crippen molar-refractivity contribution < 1.29 is 19.1 Å². The largest absolute Gasteiger partial charge is 0.480 e. The van der Waals surface area contributed by atoms with Crippen molar-refractivity contribution in [1.82, 2.24) is 14.7 Å². The minimum absolute atomic E-state index is 0.352. The number of carboxylic acids is 1. The van der Waals surface area contributed by atoms with E-state index in [-0.39, 0.29) is 5.82 Å². The van der Waals surface area contributed by atoms with Gasteiger partial charge in [-0.2, -0.15) is 5.10 Å². The van der Waals surface area contributed by atoms with Gasteiger partial charge in [0.05, 0.1) is 22.6 Å². The predicted molar refractivity (Wildman–Crippen MR) is 82.2 cm³/mol. The number of hydrogen-bond acceptors (Lipinski definition) is 3. The van der Waals surface area contributed by atoms with E-state index >= 15 is 0 Å². The van der Waals surface area contributed by atoms with E-state index in [0.29, 0.717) is 22.6 Å². The van der Waals surface area contributed by atoms with E-state index in [2.05, 4.69) is 5.10 Å². The van der Waals surface area contributed by atoms with Gasteiger partial charge in [0.2, 0.25) is 0 Å². The molecule has 1 heterocycles. The Bertz CT molecular complexity index is 753. The molecule has 1 amide bonds. The van der Waals surface area contributed by atoms with Gasteiger partial charge in [-0.05, 0) is 45.0 Å². The first-order chi connectivity index (χ1) is 10.7. The topological polar surface area (TPSA) is 75.4 Å². The Morgan fingerprint density at radius 1 is 1.26 bits per heavy atom. The highest BCUT2D eigenvalue weighted by Gasteiger charge is 2.27. The van der Waals surface area contributed by atoms with Crippen LogP contribution in [0.25, 0.3) is 5.69 Å². The standard InChI is InChI=1S/C16H18FN3O3/c1-9-14(15(21)19(4)11(3)16(22)23)10(2)20(18-9)13-7-5-12(17)6-8-13/h5-8,11H,1-4H3,(H,22,23). The number of hydrogen-bond donors (Lipinski definition) is 1. The van der Waals surface area contributed by atoms with Crippen molar-refractivity contribution in [3.05, 3.63) is 47.0 Å². The number of nitrogens with zero attached hydrogens (tertiary/aromatic N) is 3. The summed E-state index contributed by atoms with van der Waals surface area (Å²) in [5.41, 5.74) is 2.04. The third-order valence-corrected chi connectivity index (χ3v) is 3.84. The first kappa shape index (κ1) is 16.7. The molecule has 0 bridgehead atoms. The van der Waals surface area contributed by atoms with Crippen LogP contribution < -0.4 is 0 Å². The molecule has 23 heavy (non-hydrogen) atoms. The Kier molecular flexibility index (Phi) is 4.49. The number of aliphatic carboxylic acids is 1. The number of halogens is 1. The fraction of sp³-hybridized carbons (Fsp3) is 0.312. The van der Waals surface area contributed by atoms with Crippen LogP contribution in [0.1, 0.15) is 28.7 Å². The molecule has 0 spiro atoms. The molecule has 1 atom stereocenters. The summed E-state index contributed by atoms with van der Waals surface area (Å²) in [7, 11) is 1.44. The highest BCUT2D eigenvalue weighted by Crippen LogP contribution is 2.20. The Balaban J connectivity index is 2.43. The third kappa shape index (κ3) is 3.08. The summed E-state index contributed by atoms with van der Waals surface area (Å²) < 4.78 is 14.6. The molecular formula is C16H18FN3O3. The number of likely N-dealkylation sites (N-methyl/N-ethyl adjacent to an activating group) is 1. The molecule has 0 aliphatic heterocycles. The van der Waals surface area contributed by atoms with Gasteiger partial charge >= 0.3 is 5.97 Å². The van der Waals surface area contributed by atoms with Crippen LogP contribution in [-0.2, 0) is 4.79 Å². The Hall–Kier alpha value is -2.70. The van der Waals surface area contributed by atoms with Gasteiger partial charge in [-0.25, -0.2) is 13.9 Å². The van der Waals surface area contributed by atoms with Crippen molar-refractivity contribution in [1.29, 1.82) is 0 Å². The molecule has 0 aliphatic rings. The van der Waals surface area contributed by atoms with Gasteiger partial charge in [-0.15, -0.1) is 0 Å². The van der Waals surface area contributed by atoms with Crippen molar-refractivity contribution in [3.8, 4) is 5.69 Å². The summed E-state index contributed by atoms with van der Waals surface area (Å²) in [5.74, 6) is -1.85. The van der Waals surface area contributed by atoms with Gasteiger partial charge in [-0.1, -0.05) is 0 Å². The molecule has 1 aromatic heterocycles. The summed E-state index contributed by atoms with van der Waals surface area (Å²) in [6.45, 7) is 4.84. The minimum atomic E-state index is -1.08. The Morgan fingerprint density at radius 2 is 1.83 bits per heavy atom. The maximum atomic E-state index is 13.0. The van der Waals surface area contributed by atoms with E-state index < -0.39 is 17.9 Å². The van der Waals surface area contributed by atoms with Crippen LogP contribution in [0.2, 0.25) is 0 Å². The molecule has 0 radical (unpaired) electrons. The van der Waals surface area contributed by atoms with E-state index in [4.69, 9.17) is 5.11 Å². The van der Waals surface area contributed by atoms with Crippen molar-refractivity contribution in [2.75, 3.05) is 7.05 Å². The number of aryl methyl sites for hydroxylation is 1.